The Kier molecular flexibility index (Phi) is 7.51. The Bertz CT molecular complexity index is 1930. The fourth-order valence-electron chi connectivity index (χ4n) is 6.52. The lowest BCUT2D eigenvalue weighted by atomic mass is 9.86. The Hall–Kier alpha value is -4.69. The van der Waals surface area contributed by atoms with E-state index in [9.17, 15) is 0 Å². The van der Waals surface area contributed by atoms with Crippen molar-refractivity contribution in [2.75, 3.05) is 0 Å². The van der Waals surface area contributed by atoms with Gasteiger partial charge in [0, 0.05) is 5.56 Å². The van der Waals surface area contributed by atoms with E-state index >= 15 is 0 Å². The second-order valence-electron chi connectivity index (χ2n) is 11.6. The van der Waals surface area contributed by atoms with Crippen LogP contribution in [-0.2, 0) is 12.8 Å². The van der Waals surface area contributed by atoms with Crippen LogP contribution in [0.1, 0.15) is 50.7 Å². The molecule has 0 saturated heterocycles. The van der Waals surface area contributed by atoms with Crippen molar-refractivity contribution in [3.8, 4) is 33.7 Å². The molecule has 2 nitrogen and oxygen atoms in total. The smallest absolute Gasteiger partial charge is 0.227 e. The molecule has 6 aromatic carbocycles. The van der Waals surface area contributed by atoms with Crippen LogP contribution < -0.4 is 0 Å². The summed E-state index contributed by atoms with van der Waals surface area (Å²) in [4.78, 5) is 4.95. The second-order valence-corrected chi connectivity index (χ2v) is 11.6. The largest absolute Gasteiger partial charge is 0.436 e. The lowest BCUT2D eigenvalue weighted by Crippen LogP contribution is -1.95. The zero-order chi connectivity index (χ0) is 29.2. The standard InChI is InChI=1S/C41H37NO/c1-3-5-14-31-26-37-38(27-32(31)15-6-4-2)43-41(42-37)30-24-22-29(23-25-30)40-35-20-12-10-18-33(35)39(28-16-8-7-9-17-28)34-19-11-13-21-36(34)40/h7-13,16-27H,3-6,14-15H2,1-2H3. The van der Waals surface area contributed by atoms with Gasteiger partial charge in [0.05, 0.1) is 0 Å². The molecule has 0 atom stereocenters. The molecule has 0 saturated carbocycles. The molecule has 0 N–H and O–H groups in total. The molecule has 0 fully saturated rings. The lowest BCUT2D eigenvalue weighted by molar-refractivity contribution is 0.619. The van der Waals surface area contributed by atoms with Crippen LogP contribution in [0.5, 0.6) is 0 Å². The van der Waals surface area contributed by atoms with Crippen molar-refractivity contribution in [2.45, 2.75) is 52.4 Å². The van der Waals surface area contributed by atoms with Crippen molar-refractivity contribution in [3.63, 3.8) is 0 Å². The number of aryl methyl sites for hydroxylation is 2. The first-order valence-corrected chi connectivity index (χ1v) is 15.8. The minimum Gasteiger partial charge on any atom is -0.436 e. The molecule has 1 heterocycles. The first-order valence-electron chi connectivity index (χ1n) is 15.8. The maximum absolute atomic E-state index is 6.37. The Morgan fingerprint density at radius 2 is 0.977 bits per heavy atom. The highest BCUT2D eigenvalue weighted by atomic mass is 16.3. The van der Waals surface area contributed by atoms with E-state index in [4.69, 9.17) is 9.40 Å². The predicted octanol–water partition coefficient (Wildman–Crippen LogP) is 11.8. The minimum absolute atomic E-state index is 0.685. The number of oxazole rings is 1. The van der Waals surface area contributed by atoms with Gasteiger partial charge in [-0.15, -0.1) is 0 Å². The van der Waals surface area contributed by atoms with E-state index in [1.807, 2.05) is 0 Å². The Morgan fingerprint density at radius 1 is 0.512 bits per heavy atom. The molecule has 1 aromatic heterocycles. The van der Waals surface area contributed by atoms with Crippen LogP contribution in [-0.4, -0.2) is 4.98 Å². The first-order chi connectivity index (χ1) is 21.2. The Balaban J connectivity index is 1.32. The van der Waals surface area contributed by atoms with E-state index in [1.54, 1.807) is 0 Å². The summed E-state index contributed by atoms with van der Waals surface area (Å²) in [5.74, 6) is 0.685. The molecule has 0 aliphatic heterocycles. The summed E-state index contributed by atoms with van der Waals surface area (Å²) in [5, 5.41) is 5.05. The number of hydrogen-bond acceptors (Lipinski definition) is 2. The number of benzene rings is 6. The number of fused-ring (bicyclic) bond motifs is 3. The number of aromatic nitrogens is 1. The monoisotopic (exact) mass is 559 g/mol. The topological polar surface area (TPSA) is 26.0 Å². The number of rotatable bonds is 9. The van der Waals surface area contributed by atoms with E-state index in [1.165, 1.54) is 80.6 Å². The molecule has 7 rings (SSSR count). The quantitative estimate of drug-likeness (QED) is 0.164. The first kappa shape index (κ1) is 27.2. The van der Waals surface area contributed by atoms with E-state index in [2.05, 4.69) is 129 Å². The average molecular weight is 560 g/mol. The van der Waals surface area contributed by atoms with Crippen LogP contribution in [0.4, 0.5) is 0 Å². The normalized spacial score (nSPS) is 11.6. The average Bonchev–Trinajstić information content (AvgIpc) is 3.48. The van der Waals surface area contributed by atoms with E-state index in [-0.39, 0.29) is 0 Å². The lowest BCUT2D eigenvalue weighted by Gasteiger charge is -2.17. The van der Waals surface area contributed by atoms with Gasteiger partial charge in [0.25, 0.3) is 0 Å². The van der Waals surface area contributed by atoms with Gasteiger partial charge in [0.15, 0.2) is 5.58 Å². The zero-order valence-electron chi connectivity index (χ0n) is 25.1. The van der Waals surface area contributed by atoms with Crippen molar-refractivity contribution in [2.24, 2.45) is 0 Å². The van der Waals surface area contributed by atoms with Gasteiger partial charge in [-0.1, -0.05) is 118 Å². The molecule has 0 aliphatic rings. The third-order valence-corrected chi connectivity index (χ3v) is 8.72. The van der Waals surface area contributed by atoms with Gasteiger partial charge >= 0.3 is 0 Å². The van der Waals surface area contributed by atoms with Crippen molar-refractivity contribution in [1.29, 1.82) is 0 Å². The fourth-order valence-corrected chi connectivity index (χ4v) is 6.52. The van der Waals surface area contributed by atoms with Gasteiger partial charge in [-0.05, 0) is 105 Å². The predicted molar refractivity (Wildman–Crippen MR) is 183 cm³/mol. The van der Waals surface area contributed by atoms with Gasteiger partial charge in [-0.25, -0.2) is 4.98 Å². The van der Waals surface area contributed by atoms with Crippen molar-refractivity contribution in [3.05, 3.63) is 126 Å². The molecule has 212 valence electrons. The molecule has 43 heavy (non-hydrogen) atoms. The molecule has 0 spiro atoms. The van der Waals surface area contributed by atoms with Crippen LogP contribution >= 0.6 is 0 Å². The van der Waals surface area contributed by atoms with Crippen LogP contribution in [0.2, 0.25) is 0 Å². The summed E-state index contributed by atoms with van der Waals surface area (Å²) >= 11 is 0. The summed E-state index contributed by atoms with van der Waals surface area (Å²) in [7, 11) is 0. The maximum atomic E-state index is 6.37. The van der Waals surface area contributed by atoms with Crippen LogP contribution in [0.15, 0.2) is 120 Å². The summed E-state index contributed by atoms with van der Waals surface area (Å²) in [6, 6.07) is 41.6. The third-order valence-electron chi connectivity index (χ3n) is 8.72. The Labute approximate surface area is 254 Å². The molecule has 2 heteroatoms. The number of nitrogens with zero attached hydrogens (tertiary/aromatic N) is 1. The van der Waals surface area contributed by atoms with Gasteiger partial charge in [-0.3, -0.25) is 0 Å². The number of hydrogen-bond donors (Lipinski definition) is 0. The molecule has 7 aromatic rings. The molecule has 0 aliphatic carbocycles. The maximum Gasteiger partial charge on any atom is 0.227 e. The van der Waals surface area contributed by atoms with E-state index in [0.717, 1.165) is 29.5 Å². The summed E-state index contributed by atoms with van der Waals surface area (Å²) < 4.78 is 6.37. The summed E-state index contributed by atoms with van der Waals surface area (Å²) in [6.07, 6.45) is 6.99. The van der Waals surface area contributed by atoms with Gasteiger partial charge in [0.2, 0.25) is 5.89 Å². The van der Waals surface area contributed by atoms with Crippen molar-refractivity contribution in [1.82, 2.24) is 4.98 Å². The van der Waals surface area contributed by atoms with Crippen LogP contribution in [0, 0.1) is 0 Å². The van der Waals surface area contributed by atoms with Crippen molar-refractivity contribution >= 4 is 32.6 Å². The SMILES string of the molecule is CCCCc1cc2nc(-c3ccc(-c4c5ccccc5c(-c5ccccc5)c5ccccc45)cc3)oc2cc1CCCC. The van der Waals surface area contributed by atoms with Gasteiger partial charge in [-0.2, -0.15) is 0 Å². The van der Waals surface area contributed by atoms with Crippen molar-refractivity contribution < 1.29 is 4.42 Å². The van der Waals surface area contributed by atoms with E-state index < -0.39 is 0 Å². The molecule has 0 radical (unpaired) electrons. The second kappa shape index (κ2) is 11.9. The number of unbranched alkanes of at least 4 members (excludes halogenated alkanes) is 2. The Morgan fingerprint density at radius 3 is 1.51 bits per heavy atom. The molecule has 0 bridgehead atoms. The summed E-state index contributed by atoms with van der Waals surface area (Å²) in [5.41, 5.74) is 10.7. The molecule has 0 unspecified atom stereocenters. The van der Waals surface area contributed by atoms with Crippen LogP contribution in [0.25, 0.3) is 66.4 Å². The highest BCUT2D eigenvalue weighted by Crippen LogP contribution is 2.43. The minimum atomic E-state index is 0.685. The third kappa shape index (κ3) is 5.12. The van der Waals surface area contributed by atoms with Gasteiger partial charge in [0.1, 0.15) is 5.52 Å². The molecular formula is C41H37NO. The molecule has 0 amide bonds. The highest BCUT2D eigenvalue weighted by Gasteiger charge is 2.17. The molecular weight excluding hydrogens is 522 g/mol. The fraction of sp³-hybridized carbons (Fsp3) is 0.195. The van der Waals surface area contributed by atoms with E-state index in [0.29, 0.717) is 5.89 Å². The van der Waals surface area contributed by atoms with Gasteiger partial charge < -0.3 is 4.42 Å². The summed E-state index contributed by atoms with van der Waals surface area (Å²) in [6.45, 7) is 4.51. The highest BCUT2D eigenvalue weighted by molar-refractivity contribution is 6.21. The van der Waals surface area contributed by atoms with Crippen LogP contribution in [0.3, 0.4) is 0 Å². The zero-order valence-corrected chi connectivity index (χ0v) is 25.1.